The van der Waals surface area contributed by atoms with Crippen LogP contribution in [0.15, 0.2) is 30.9 Å². The first-order valence-electron chi connectivity index (χ1n) is 5.46. The van der Waals surface area contributed by atoms with Crippen molar-refractivity contribution in [3.8, 4) is 11.3 Å². The van der Waals surface area contributed by atoms with Crippen molar-refractivity contribution in [3.05, 3.63) is 30.9 Å². The minimum Gasteiger partial charge on any atom is -0.383 e. The van der Waals surface area contributed by atoms with E-state index in [-0.39, 0.29) is 0 Å². The average Bonchev–Trinajstić information content (AvgIpc) is 2.77. The van der Waals surface area contributed by atoms with Gasteiger partial charge in [-0.25, -0.2) is 9.97 Å². The van der Waals surface area contributed by atoms with Crippen molar-refractivity contribution in [2.24, 2.45) is 0 Å². The summed E-state index contributed by atoms with van der Waals surface area (Å²) in [6, 6.07) is 4.27. The third-order valence-electron chi connectivity index (χ3n) is 2.85. The monoisotopic (exact) mass is 216 g/mol. The van der Waals surface area contributed by atoms with Crippen molar-refractivity contribution in [3.63, 3.8) is 0 Å². The number of hydrogen-bond acceptors (Lipinski definition) is 3. The summed E-state index contributed by atoms with van der Waals surface area (Å²) in [5, 5.41) is 0. The lowest BCUT2D eigenvalue weighted by Crippen LogP contribution is -2.05. The molecular formula is C12H16N4. The van der Waals surface area contributed by atoms with Crippen molar-refractivity contribution in [2.45, 2.75) is 26.3 Å². The predicted molar refractivity (Wildman–Crippen MR) is 64.9 cm³/mol. The Balaban J connectivity index is 2.49. The van der Waals surface area contributed by atoms with Crippen LogP contribution in [-0.4, -0.2) is 14.5 Å². The molecule has 2 N–H and O–H groups in total. The summed E-state index contributed by atoms with van der Waals surface area (Å²) in [7, 11) is 0. The Bertz CT molecular complexity index is 475. The molecule has 4 nitrogen and oxygen atoms in total. The van der Waals surface area contributed by atoms with Gasteiger partial charge >= 0.3 is 0 Å². The van der Waals surface area contributed by atoms with Crippen molar-refractivity contribution in [1.29, 1.82) is 0 Å². The normalized spacial score (nSPS) is 12.6. The number of pyridine rings is 1. The summed E-state index contributed by atoms with van der Waals surface area (Å²) in [5.74, 6) is 0.549. The van der Waals surface area contributed by atoms with Crippen LogP contribution in [0.2, 0.25) is 0 Å². The van der Waals surface area contributed by atoms with Gasteiger partial charge in [-0.15, -0.1) is 0 Å². The fourth-order valence-corrected chi connectivity index (χ4v) is 1.70. The SMILES string of the molecule is CCC(C)n1cncc1-c1cccnc1N. The summed E-state index contributed by atoms with van der Waals surface area (Å²) in [4.78, 5) is 8.29. The third kappa shape index (κ3) is 1.78. The maximum atomic E-state index is 5.87. The number of anilines is 1. The van der Waals surface area contributed by atoms with E-state index in [1.54, 1.807) is 6.20 Å². The molecule has 0 spiro atoms. The Morgan fingerprint density at radius 1 is 1.50 bits per heavy atom. The fourth-order valence-electron chi connectivity index (χ4n) is 1.70. The molecule has 0 aliphatic carbocycles. The standard InChI is InChI=1S/C12H16N4/c1-3-9(2)16-8-14-7-11(16)10-5-4-6-15-12(10)13/h4-9H,3H2,1-2H3,(H2,13,15). The van der Waals surface area contributed by atoms with Crippen LogP contribution in [0.5, 0.6) is 0 Å². The van der Waals surface area contributed by atoms with Gasteiger partial charge in [-0.2, -0.15) is 0 Å². The minimum atomic E-state index is 0.414. The maximum absolute atomic E-state index is 5.87. The molecule has 0 saturated heterocycles. The lowest BCUT2D eigenvalue weighted by atomic mass is 10.1. The molecule has 0 saturated carbocycles. The molecule has 0 aliphatic heterocycles. The molecule has 0 aliphatic rings. The van der Waals surface area contributed by atoms with Crippen molar-refractivity contribution >= 4 is 5.82 Å². The van der Waals surface area contributed by atoms with E-state index in [1.165, 1.54) is 0 Å². The van der Waals surface area contributed by atoms with Gasteiger partial charge in [0.15, 0.2) is 0 Å². The zero-order valence-electron chi connectivity index (χ0n) is 9.59. The zero-order chi connectivity index (χ0) is 11.5. The van der Waals surface area contributed by atoms with E-state index in [4.69, 9.17) is 5.73 Å². The van der Waals surface area contributed by atoms with Crippen molar-refractivity contribution in [1.82, 2.24) is 14.5 Å². The van der Waals surface area contributed by atoms with Gasteiger partial charge < -0.3 is 10.3 Å². The highest BCUT2D eigenvalue weighted by atomic mass is 15.1. The van der Waals surface area contributed by atoms with Crippen LogP contribution in [0.3, 0.4) is 0 Å². The molecule has 2 rings (SSSR count). The number of imidazole rings is 1. The minimum absolute atomic E-state index is 0.414. The average molecular weight is 216 g/mol. The number of nitrogens with two attached hydrogens (primary N) is 1. The number of hydrogen-bond donors (Lipinski definition) is 1. The molecule has 0 amide bonds. The Morgan fingerprint density at radius 3 is 3.00 bits per heavy atom. The van der Waals surface area contributed by atoms with E-state index >= 15 is 0 Å². The Kier molecular flexibility index (Phi) is 2.90. The molecule has 2 aromatic rings. The molecule has 0 aromatic carbocycles. The first-order valence-corrected chi connectivity index (χ1v) is 5.46. The summed E-state index contributed by atoms with van der Waals surface area (Å²) in [5.41, 5.74) is 7.84. The molecule has 84 valence electrons. The van der Waals surface area contributed by atoms with E-state index in [1.807, 2.05) is 24.7 Å². The van der Waals surface area contributed by atoms with Crippen LogP contribution in [0.1, 0.15) is 26.3 Å². The molecule has 16 heavy (non-hydrogen) atoms. The van der Waals surface area contributed by atoms with Crippen LogP contribution in [0.25, 0.3) is 11.3 Å². The summed E-state index contributed by atoms with van der Waals surface area (Å²) in [6.45, 7) is 4.32. The fraction of sp³-hybridized carbons (Fsp3) is 0.333. The van der Waals surface area contributed by atoms with Crippen LogP contribution < -0.4 is 5.73 Å². The van der Waals surface area contributed by atoms with E-state index in [9.17, 15) is 0 Å². The highest BCUT2D eigenvalue weighted by molar-refractivity contribution is 5.70. The van der Waals surface area contributed by atoms with Crippen molar-refractivity contribution < 1.29 is 0 Å². The molecule has 1 atom stereocenters. The largest absolute Gasteiger partial charge is 0.383 e. The van der Waals surface area contributed by atoms with Gasteiger partial charge in [0, 0.05) is 17.8 Å². The van der Waals surface area contributed by atoms with Gasteiger partial charge in [0.2, 0.25) is 0 Å². The van der Waals surface area contributed by atoms with Crippen molar-refractivity contribution in [2.75, 3.05) is 5.73 Å². The van der Waals surface area contributed by atoms with Gasteiger partial charge in [0.25, 0.3) is 0 Å². The number of rotatable bonds is 3. The first kappa shape index (κ1) is 10.7. The van der Waals surface area contributed by atoms with Gasteiger partial charge in [0.05, 0.1) is 18.2 Å². The molecule has 2 aromatic heterocycles. The third-order valence-corrected chi connectivity index (χ3v) is 2.85. The smallest absolute Gasteiger partial charge is 0.132 e. The van der Waals surface area contributed by atoms with Crippen LogP contribution in [0.4, 0.5) is 5.82 Å². The van der Waals surface area contributed by atoms with Gasteiger partial charge in [0.1, 0.15) is 5.82 Å². The molecular weight excluding hydrogens is 200 g/mol. The lowest BCUT2D eigenvalue weighted by Gasteiger charge is -2.15. The van der Waals surface area contributed by atoms with E-state index in [0.717, 1.165) is 17.7 Å². The maximum Gasteiger partial charge on any atom is 0.132 e. The van der Waals surface area contributed by atoms with E-state index < -0.39 is 0 Å². The van der Waals surface area contributed by atoms with E-state index in [0.29, 0.717) is 11.9 Å². The predicted octanol–water partition coefficient (Wildman–Crippen LogP) is 2.50. The van der Waals surface area contributed by atoms with Gasteiger partial charge in [-0.1, -0.05) is 6.92 Å². The highest BCUT2D eigenvalue weighted by Gasteiger charge is 2.11. The number of aromatic nitrogens is 3. The zero-order valence-corrected chi connectivity index (χ0v) is 9.59. The Hall–Kier alpha value is -1.84. The Labute approximate surface area is 95.1 Å². The van der Waals surface area contributed by atoms with Crippen LogP contribution in [-0.2, 0) is 0 Å². The summed E-state index contributed by atoms with van der Waals surface area (Å²) in [6.07, 6.45) is 6.43. The van der Waals surface area contributed by atoms with Gasteiger partial charge in [-0.3, -0.25) is 0 Å². The van der Waals surface area contributed by atoms with Crippen LogP contribution >= 0.6 is 0 Å². The first-order chi connectivity index (χ1) is 7.74. The quantitative estimate of drug-likeness (QED) is 0.857. The second-order valence-corrected chi connectivity index (χ2v) is 3.88. The Morgan fingerprint density at radius 2 is 2.31 bits per heavy atom. The number of nitrogen functional groups attached to an aromatic ring is 1. The second-order valence-electron chi connectivity index (χ2n) is 3.88. The highest BCUT2D eigenvalue weighted by Crippen LogP contribution is 2.26. The van der Waals surface area contributed by atoms with Crippen LogP contribution in [0, 0.1) is 0 Å². The van der Waals surface area contributed by atoms with Gasteiger partial charge in [-0.05, 0) is 25.5 Å². The number of nitrogens with zero attached hydrogens (tertiary/aromatic N) is 3. The molecule has 0 bridgehead atoms. The second kappa shape index (κ2) is 4.35. The lowest BCUT2D eigenvalue weighted by molar-refractivity contribution is 0.535. The molecule has 0 fully saturated rings. The molecule has 0 radical (unpaired) electrons. The topological polar surface area (TPSA) is 56.7 Å². The molecule has 4 heteroatoms. The molecule has 2 heterocycles. The summed E-state index contributed by atoms with van der Waals surface area (Å²) >= 11 is 0. The summed E-state index contributed by atoms with van der Waals surface area (Å²) < 4.78 is 2.13. The molecule has 1 unspecified atom stereocenters. The van der Waals surface area contributed by atoms with E-state index in [2.05, 4.69) is 28.4 Å².